The van der Waals surface area contributed by atoms with Gasteiger partial charge in [-0.2, -0.15) is 0 Å². The minimum absolute atomic E-state index is 0.0852. The standard InChI is InChI=1S/C25H35N3O4S/c1-19-4-5-20(2)24(16-19)33(30,31)27-13-10-25(29)26-17-21-11-14-28(15-12-21)18-22-6-8-23(32-3)9-7-22/h4-9,16,21,27H,10-15,17-18H2,1-3H3,(H,26,29). The number of ether oxygens (including phenoxy) is 1. The molecule has 1 aliphatic rings. The summed E-state index contributed by atoms with van der Waals surface area (Å²) in [5.41, 5.74) is 2.84. The number of sulfonamides is 1. The number of carbonyl (C=O) groups is 1. The normalized spacial score (nSPS) is 15.4. The molecule has 1 fully saturated rings. The van der Waals surface area contributed by atoms with Crippen LogP contribution >= 0.6 is 0 Å². The van der Waals surface area contributed by atoms with Crippen LogP contribution in [0.4, 0.5) is 0 Å². The summed E-state index contributed by atoms with van der Waals surface area (Å²) < 4.78 is 32.8. The Balaban J connectivity index is 1.34. The van der Waals surface area contributed by atoms with Crippen LogP contribution in [0.3, 0.4) is 0 Å². The molecule has 0 aliphatic carbocycles. The number of rotatable bonds is 10. The van der Waals surface area contributed by atoms with E-state index in [0.29, 0.717) is 18.0 Å². The molecule has 0 aromatic heterocycles. The number of aryl methyl sites for hydroxylation is 2. The molecule has 0 bridgehead atoms. The van der Waals surface area contributed by atoms with Gasteiger partial charge in [0, 0.05) is 26.1 Å². The van der Waals surface area contributed by atoms with Crippen LogP contribution in [0.2, 0.25) is 0 Å². The van der Waals surface area contributed by atoms with Gasteiger partial charge in [-0.05, 0) is 80.6 Å². The quantitative estimate of drug-likeness (QED) is 0.554. The van der Waals surface area contributed by atoms with Crippen molar-refractivity contribution < 1.29 is 17.9 Å². The van der Waals surface area contributed by atoms with E-state index >= 15 is 0 Å². The van der Waals surface area contributed by atoms with Crippen molar-refractivity contribution in [3.63, 3.8) is 0 Å². The third-order valence-corrected chi connectivity index (χ3v) is 7.74. The van der Waals surface area contributed by atoms with Crippen LogP contribution in [0.5, 0.6) is 5.75 Å². The largest absolute Gasteiger partial charge is 0.497 e. The molecule has 7 nitrogen and oxygen atoms in total. The molecule has 8 heteroatoms. The average Bonchev–Trinajstić information content (AvgIpc) is 2.80. The smallest absolute Gasteiger partial charge is 0.240 e. The number of nitrogens with one attached hydrogen (secondary N) is 2. The summed E-state index contributed by atoms with van der Waals surface area (Å²) in [6.07, 6.45) is 2.20. The lowest BCUT2D eigenvalue weighted by molar-refractivity contribution is -0.121. The third kappa shape index (κ3) is 7.55. The Morgan fingerprint density at radius 1 is 1.09 bits per heavy atom. The number of likely N-dealkylation sites (tertiary alicyclic amines) is 1. The van der Waals surface area contributed by atoms with E-state index in [2.05, 4.69) is 27.1 Å². The number of piperidine rings is 1. The van der Waals surface area contributed by atoms with Gasteiger partial charge in [0.2, 0.25) is 15.9 Å². The Labute approximate surface area is 197 Å². The maximum atomic E-state index is 12.5. The van der Waals surface area contributed by atoms with Gasteiger partial charge in [-0.15, -0.1) is 0 Å². The summed E-state index contributed by atoms with van der Waals surface area (Å²) in [5.74, 6) is 1.19. The lowest BCUT2D eigenvalue weighted by Gasteiger charge is -2.32. The van der Waals surface area contributed by atoms with Gasteiger partial charge in [-0.3, -0.25) is 9.69 Å². The molecule has 1 aliphatic heterocycles. The predicted octanol–water partition coefficient (Wildman–Crippen LogP) is 3.01. The Hall–Kier alpha value is -2.42. The topological polar surface area (TPSA) is 87.7 Å². The average molecular weight is 474 g/mol. The second kappa shape index (κ2) is 11.6. The number of benzene rings is 2. The van der Waals surface area contributed by atoms with E-state index in [0.717, 1.165) is 43.8 Å². The second-order valence-corrected chi connectivity index (χ2v) is 10.5. The number of hydrogen-bond acceptors (Lipinski definition) is 5. The van der Waals surface area contributed by atoms with Gasteiger partial charge < -0.3 is 10.1 Å². The van der Waals surface area contributed by atoms with Crippen molar-refractivity contribution in [2.45, 2.75) is 44.6 Å². The molecule has 180 valence electrons. The maximum Gasteiger partial charge on any atom is 0.240 e. The minimum atomic E-state index is -3.62. The van der Waals surface area contributed by atoms with Crippen molar-refractivity contribution in [2.24, 2.45) is 5.92 Å². The van der Waals surface area contributed by atoms with Crippen molar-refractivity contribution >= 4 is 15.9 Å². The number of amides is 1. The fraction of sp³-hybridized carbons (Fsp3) is 0.480. The van der Waals surface area contributed by atoms with Crippen LogP contribution < -0.4 is 14.8 Å². The highest BCUT2D eigenvalue weighted by Crippen LogP contribution is 2.20. The summed E-state index contributed by atoms with van der Waals surface area (Å²) in [6.45, 7) is 7.27. The minimum Gasteiger partial charge on any atom is -0.497 e. The highest BCUT2D eigenvalue weighted by atomic mass is 32.2. The van der Waals surface area contributed by atoms with E-state index < -0.39 is 10.0 Å². The number of hydrogen-bond donors (Lipinski definition) is 2. The Morgan fingerprint density at radius 2 is 1.79 bits per heavy atom. The molecule has 1 heterocycles. The number of nitrogens with zero attached hydrogens (tertiary/aromatic N) is 1. The van der Waals surface area contributed by atoms with Crippen LogP contribution in [0.25, 0.3) is 0 Å². The molecule has 0 atom stereocenters. The molecule has 2 aromatic carbocycles. The zero-order valence-corrected chi connectivity index (χ0v) is 20.6. The van der Waals surface area contributed by atoms with E-state index in [4.69, 9.17) is 4.74 Å². The zero-order valence-electron chi connectivity index (χ0n) is 19.8. The second-order valence-electron chi connectivity index (χ2n) is 8.79. The Kier molecular flexibility index (Phi) is 8.88. The summed E-state index contributed by atoms with van der Waals surface area (Å²) >= 11 is 0. The summed E-state index contributed by atoms with van der Waals surface area (Å²) in [5, 5.41) is 2.97. The molecular weight excluding hydrogens is 438 g/mol. The zero-order chi connectivity index (χ0) is 23.8. The first-order valence-electron chi connectivity index (χ1n) is 11.5. The van der Waals surface area contributed by atoms with Gasteiger partial charge in [-0.25, -0.2) is 13.1 Å². The third-order valence-electron chi connectivity index (χ3n) is 6.14. The molecule has 0 unspecified atom stereocenters. The van der Waals surface area contributed by atoms with Crippen LogP contribution in [0, 0.1) is 19.8 Å². The molecule has 0 saturated carbocycles. The maximum absolute atomic E-state index is 12.5. The van der Waals surface area contributed by atoms with E-state index in [1.165, 1.54) is 5.56 Å². The lowest BCUT2D eigenvalue weighted by Crippen LogP contribution is -2.39. The Bertz CT molecular complexity index is 1030. The van der Waals surface area contributed by atoms with Crippen LogP contribution in [0.15, 0.2) is 47.4 Å². The molecule has 1 amide bonds. The summed E-state index contributed by atoms with van der Waals surface area (Å²) in [6, 6.07) is 13.5. The van der Waals surface area contributed by atoms with Gasteiger partial charge in [-0.1, -0.05) is 24.3 Å². The highest BCUT2D eigenvalue weighted by molar-refractivity contribution is 7.89. The number of carbonyl (C=O) groups excluding carboxylic acids is 1. The van der Waals surface area contributed by atoms with Gasteiger partial charge in [0.15, 0.2) is 0 Å². The predicted molar refractivity (Wildman–Crippen MR) is 130 cm³/mol. The van der Waals surface area contributed by atoms with Crippen molar-refractivity contribution in [1.82, 2.24) is 14.9 Å². The Morgan fingerprint density at radius 3 is 2.45 bits per heavy atom. The fourth-order valence-electron chi connectivity index (χ4n) is 4.06. The monoisotopic (exact) mass is 473 g/mol. The highest BCUT2D eigenvalue weighted by Gasteiger charge is 2.20. The molecule has 3 rings (SSSR count). The van der Waals surface area contributed by atoms with Crippen LogP contribution in [-0.2, 0) is 21.4 Å². The molecule has 2 N–H and O–H groups in total. The van der Waals surface area contributed by atoms with E-state index in [9.17, 15) is 13.2 Å². The molecule has 1 saturated heterocycles. The van der Waals surface area contributed by atoms with Crippen LogP contribution in [-0.4, -0.2) is 52.5 Å². The summed E-state index contributed by atoms with van der Waals surface area (Å²) in [4.78, 5) is 14.9. The molecule has 0 spiro atoms. The van der Waals surface area contributed by atoms with Gasteiger partial charge in [0.1, 0.15) is 5.75 Å². The first-order chi connectivity index (χ1) is 15.8. The molecule has 0 radical (unpaired) electrons. The van der Waals surface area contributed by atoms with Crippen molar-refractivity contribution in [1.29, 1.82) is 0 Å². The first kappa shape index (κ1) is 25.2. The van der Waals surface area contributed by atoms with E-state index in [1.54, 1.807) is 26.2 Å². The SMILES string of the molecule is COc1ccc(CN2CCC(CNC(=O)CCNS(=O)(=O)c3cc(C)ccc3C)CC2)cc1. The number of methoxy groups -OCH3 is 1. The van der Waals surface area contributed by atoms with Crippen molar-refractivity contribution in [2.75, 3.05) is 33.3 Å². The molecule has 33 heavy (non-hydrogen) atoms. The lowest BCUT2D eigenvalue weighted by atomic mass is 9.96. The molecule has 2 aromatic rings. The van der Waals surface area contributed by atoms with Gasteiger partial charge >= 0.3 is 0 Å². The van der Waals surface area contributed by atoms with Gasteiger partial charge in [0.25, 0.3) is 0 Å². The van der Waals surface area contributed by atoms with Gasteiger partial charge in [0.05, 0.1) is 12.0 Å². The van der Waals surface area contributed by atoms with Crippen molar-refractivity contribution in [3.05, 3.63) is 59.2 Å². The van der Waals surface area contributed by atoms with E-state index in [-0.39, 0.29) is 23.8 Å². The van der Waals surface area contributed by atoms with Crippen LogP contribution in [0.1, 0.15) is 36.0 Å². The van der Waals surface area contributed by atoms with Crippen molar-refractivity contribution in [3.8, 4) is 5.75 Å². The molecular formula is C25H35N3O4S. The van der Waals surface area contributed by atoms with E-state index in [1.807, 2.05) is 25.1 Å². The first-order valence-corrected chi connectivity index (χ1v) is 12.9. The fourth-order valence-corrected chi connectivity index (χ4v) is 5.42. The summed E-state index contributed by atoms with van der Waals surface area (Å²) in [7, 11) is -1.95.